The molecule has 0 atom stereocenters. The molecule has 0 spiro atoms. The maximum absolute atomic E-state index is 11.7. The lowest BCUT2D eigenvalue weighted by Crippen LogP contribution is -2.30. The Morgan fingerprint density at radius 2 is 1.49 bits per heavy atom. The molecule has 4 aromatic carbocycles. The third kappa shape index (κ3) is 8.68. The normalized spacial score (nSPS) is 10.9. The number of ether oxygens (including phenoxy) is 2. The van der Waals surface area contributed by atoms with Crippen LogP contribution >= 0.6 is 0 Å². The van der Waals surface area contributed by atoms with Gasteiger partial charge in [-0.2, -0.15) is 0 Å². The molecule has 0 aliphatic heterocycles. The number of benzene rings is 4. The van der Waals surface area contributed by atoms with Crippen LogP contribution in [0.25, 0.3) is 0 Å². The number of carbonyl (C=O) groups excluding carboxylic acids is 2. The Bertz CT molecular complexity index is 1370. The zero-order valence-electron chi connectivity index (χ0n) is 23.6. The molecule has 0 heterocycles. The van der Waals surface area contributed by atoms with Gasteiger partial charge in [0.05, 0.1) is 13.7 Å². The zero-order chi connectivity index (χ0) is 29.0. The number of rotatable bonds is 14. The van der Waals surface area contributed by atoms with Crippen molar-refractivity contribution in [3.8, 4) is 11.5 Å². The van der Waals surface area contributed by atoms with Crippen LogP contribution in [0.3, 0.4) is 0 Å². The van der Waals surface area contributed by atoms with E-state index >= 15 is 0 Å². The summed E-state index contributed by atoms with van der Waals surface area (Å²) < 4.78 is 11.5. The fourth-order valence-electron chi connectivity index (χ4n) is 4.84. The van der Waals surface area contributed by atoms with Crippen molar-refractivity contribution in [2.75, 3.05) is 32.1 Å². The summed E-state index contributed by atoms with van der Waals surface area (Å²) in [7, 11) is 1.57. The van der Waals surface area contributed by atoms with Crippen LogP contribution in [0.15, 0.2) is 103 Å². The topological polar surface area (TPSA) is 93.9 Å². The second-order valence-electron chi connectivity index (χ2n) is 9.92. The van der Waals surface area contributed by atoms with Gasteiger partial charge in [-0.25, -0.2) is 0 Å². The summed E-state index contributed by atoms with van der Waals surface area (Å²) in [5.41, 5.74) is 10.3. The van der Waals surface area contributed by atoms with Gasteiger partial charge in [-0.05, 0) is 53.4 Å². The molecule has 2 amide bonds. The summed E-state index contributed by atoms with van der Waals surface area (Å²) in [5.74, 6) is 0.631. The molecule has 0 saturated heterocycles. The van der Waals surface area contributed by atoms with Crippen LogP contribution in [0.1, 0.15) is 46.3 Å². The number of methoxy groups -OCH3 is 1. The molecule has 4 rings (SSSR count). The van der Waals surface area contributed by atoms with E-state index in [0.29, 0.717) is 23.7 Å². The molecule has 41 heavy (non-hydrogen) atoms. The van der Waals surface area contributed by atoms with Crippen molar-refractivity contribution in [1.29, 1.82) is 0 Å². The van der Waals surface area contributed by atoms with Crippen molar-refractivity contribution in [2.45, 2.75) is 25.8 Å². The molecule has 7 heteroatoms. The van der Waals surface area contributed by atoms with E-state index < -0.39 is 5.91 Å². The van der Waals surface area contributed by atoms with Crippen LogP contribution in [-0.2, 0) is 11.3 Å². The number of nitrogens with one attached hydrogen (secondary N) is 1. The number of carbonyl (C=O) groups is 2. The third-order valence-electron chi connectivity index (χ3n) is 6.85. The highest BCUT2D eigenvalue weighted by Gasteiger charge is 2.19. The second-order valence-corrected chi connectivity index (χ2v) is 9.92. The first kappa shape index (κ1) is 29.4. The first-order valence-electron chi connectivity index (χ1n) is 13.7. The number of anilines is 1. The molecule has 0 aromatic heterocycles. The first-order valence-corrected chi connectivity index (χ1v) is 13.7. The predicted octanol–water partition coefficient (Wildman–Crippen LogP) is 5.86. The van der Waals surface area contributed by atoms with Gasteiger partial charge < -0.3 is 20.5 Å². The number of hydrogen-bond donors (Lipinski definition) is 2. The molecule has 3 N–H and O–H groups in total. The maximum atomic E-state index is 11.7. The largest absolute Gasteiger partial charge is 0.493 e. The Kier molecular flexibility index (Phi) is 10.5. The number of nitrogens with zero attached hydrogens (tertiary/aromatic N) is 1. The standard InChI is InChI=1S/C34H37N3O4/c1-25(38)36-30-17-14-26(15-18-30)23-37(20-9-21-41-33-22-29(34(35)39)16-19-32(33)40-2)24-31(27-10-5-3-6-11-27)28-12-7-4-8-13-28/h3-8,10-19,22,31H,9,20-21,23-24H2,1-2H3,(H2,35,39)(H,36,38). The van der Waals surface area contributed by atoms with Crippen LogP contribution in [0.5, 0.6) is 11.5 Å². The molecule has 0 fully saturated rings. The van der Waals surface area contributed by atoms with Crippen molar-refractivity contribution in [2.24, 2.45) is 5.73 Å². The quantitative estimate of drug-likeness (QED) is 0.192. The number of amides is 2. The lowest BCUT2D eigenvalue weighted by atomic mass is 9.90. The monoisotopic (exact) mass is 551 g/mol. The molecule has 0 aliphatic rings. The van der Waals surface area contributed by atoms with Crippen LogP contribution in [0, 0.1) is 0 Å². The molecular formula is C34H37N3O4. The molecule has 4 aromatic rings. The molecule has 0 saturated carbocycles. The average Bonchev–Trinajstić information content (AvgIpc) is 2.99. The van der Waals surface area contributed by atoms with E-state index in [-0.39, 0.29) is 11.8 Å². The number of hydrogen-bond acceptors (Lipinski definition) is 5. The van der Waals surface area contributed by atoms with E-state index in [9.17, 15) is 9.59 Å². The van der Waals surface area contributed by atoms with Crippen molar-refractivity contribution >= 4 is 17.5 Å². The van der Waals surface area contributed by atoms with Crippen molar-refractivity contribution in [3.63, 3.8) is 0 Å². The van der Waals surface area contributed by atoms with Gasteiger partial charge >= 0.3 is 0 Å². The van der Waals surface area contributed by atoms with Gasteiger partial charge in [0.25, 0.3) is 0 Å². The Balaban J connectivity index is 1.51. The van der Waals surface area contributed by atoms with Crippen molar-refractivity contribution in [3.05, 3.63) is 125 Å². The Labute approximate surface area is 241 Å². The lowest BCUT2D eigenvalue weighted by molar-refractivity contribution is -0.114. The molecule has 0 radical (unpaired) electrons. The third-order valence-corrected chi connectivity index (χ3v) is 6.85. The van der Waals surface area contributed by atoms with Crippen LogP contribution in [0.4, 0.5) is 5.69 Å². The SMILES string of the molecule is COc1ccc(C(N)=O)cc1OCCCN(Cc1ccc(NC(C)=O)cc1)CC(c1ccccc1)c1ccccc1. The van der Waals surface area contributed by atoms with Gasteiger partial charge in [0.2, 0.25) is 11.8 Å². The number of primary amides is 1. The van der Waals surface area contributed by atoms with E-state index in [1.54, 1.807) is 25.3 Å². The predicted molar refractivity (Wildman–Crippen MR) is 162 cm³/mol. The van der Waals surface area contributed by atoms with E-state index in [1.807, 2.05) is 24.3 Å². The van der Waals surface area contributed by atoms with Gasteiger partial charge in [-0.1, -0.05) is 72.8 Å². The summed E-state index contributed by atoms with van der Waals surface area (Å²) in [6.45, 7) is 4.27. The van der Waals surface area contributed by atoms with Gasteiger partial charge in [-0.3, -0.25) is 14.5 Å². The molecule has 7 nitrogen and oxygen atoms in total. The summed E-state index contributed by atoms with van der Waals surface area (Å²) in [6, 6.07) is 34.0. The van der Waals surface area contributed by atoms with Gasteiger partial charge in [0.15, 0.2) is 11.5 Å². The highest BCUT2D eigenvalue weighted by molar-refractivity contribution is 5.93. The fourth-order valence-corrected chi connectivity index (χ4v) is 4.84. The van der Waals surface area contributed by atoms with Crippen molar-refractivity contribution < 1.29 is 19.1 Å². The Morgan fingerprint density at radius 1 is 0.854 bits per heavy atom. The highest BCUT2D eigenvalue weighted by atomic mass is 16.5. The smallest absolute Gasteiger partial charge is 0.248 e. The van der Waals surface area contributed by atoms with Gasteiger partial charge in [-0.15, -0.1) is 0 Å². The highest BCUT2D eigenvalue weighted by Crippen LogP contribution is 2.29. The summed E-state index contributed by atoms with van der Waals surface area (Å²) >= 11 is 0. The van der Waals surface area contributed by atoms with Gasteiger partial charge in [0.1, 0.15) is 0 Å². The molecule has 0 bridgehead atoms. The van der Waals surface area contributed by atoms with Crippen molar-refractivity contribution in [1.82, 2.24) is 4.90 Å². The van der Waals surface area contributed by atoms with Gasteiger partial charge in [0, 0.05) is 43.7 Å². The maximum Gasteiger partial charge on any atom is 0.248 e. The summed E-state index contributed by atoms with van der Waals surface area (Å²) in [5, 5.41) is 2.83. The summed E-state index contributed by atoms with van der Waals surface area (Å²) in [4.78, 5) is 25.5. The number of nitrogens with two attached hydrogens (primary N) is 1. The molecular weight excluding hydrogens is 514 g/mol. The molecule has 212 valence electrons. The average molecular weight is 552 g/mol. The molecule has 0 aliphatic carbocycles. The van der Waals surface area contributed by atoms with E-state index in [2.05, 4.69) is 70.9 Å². The summed E-state index contributed by atoms with van der Waals surface area (Å²) in [6.07, 6.45) is 0.754. The van der Waals surface area contributed by atoms with Crippen LogP contribution in [-0.4, -0.2) is 43.5 Å². The Morgan fingerprint density at radius 3 is 2.05 bits per heavy atom. The fraction of sp³-hybridized carbons (Fsp3) is 0.235. The van der Waals surface area contributed by atoms with Crippen LogP contribution in [0.2, 0.25) is 0 Å². The minimum absolute atomic E-state index is 0.0917. The van der Waals surface area contributed by atoms with E-state index in [1.165, 1.54) is 18.1 Å². The van der Waals surface area contributed by atoms with E-state index in [0.717, 1.165) is 37.3 Å². The van der Waals surface area contributed by atoms with Crippen LogP contribution < -0.4 is 20.5 Å². The minimum Gasteiger partial charge on any atom is -0.493 e. The van der Waals surface area contributed by atoms with E-state index in [4.69, 9.17) is 15.2 Å². The molecule has 0 unspecified atom stereocenters. The Hall–Kier alpha value is -4.62. The second kappa shape index (κ2) is 14.7. The zero-order valence-corrected chi connectivity index (χ0v) is 23.6. The lowest BCUT2D eigenvalue weighted by Gasteiger charge is -2.28. The first-order chi connectivity index (χ1) is 19.9. The minimum atomic E-state index is -0.513.